The molecule has 2 aromatic rings. The average Bonchev–Trinajstić information content (AvgIpc) is 3.07. The minimum atomic E-state index is -3.63. The van der Waals surface area contributed by atoms with Gasteiger partial charge in [-0.25, -0.2) is 13.4 Å². The Balaban J connectivity index is 2.37. The van der Waals surface area contributed by atoms with Crippen LogP contribution >= 0.6 is 0 Å². The second kappa shape index (κ2) is 10.4. The third-order valence-electron chi connectivity index (χ3n) is 4.99. The molecule has 0 radical (unpaired) electrons. The van der Waals surface area contributed by atoms with Crippen LogP contribution in [0.1, 0.15) is 70.8 Å². The Morgan fingerprint density at radius 3 is 2.16 bits per heavy atom. The molecule has 0 N–H and O–H groups in total. The van der Waals surface area contributed by atoms with Crippen molar-refractivity contribution in [3.05, 3.63) is 47.3 Å². The lowest BCUT2D eigenvalue weighted by Gasteiger charge is -2.27. The molecule has 1 aromatic heterocycles. The van der Waals surface area contributed by atoms with E-state index < -0.39 is 9.84 Å². The van der Waals surface area contributed by atoms with Gasteiger partial charge >= 0.3 is 0 Å². The molecular formula is C24H37N3O3S. The highest BCUT2D eigenvalue weighted by atomic mass is 32.2. The minimum absolute atomic E-state index is 0.0684. The number of nitrogens with zero attached hydrogens (tertiary/aromatic N) is 3. The van der Waals surface area contributed by atoms with Gasteiger partial charge in [0.1, 0.15) is 0 Å². The molecule has 0 bridgehead atoms. The van der Waals surface area contributed by atoms with Crippen LogP contribution in [-0.2, 0) is 26.9 Å². The molecule has 1 heterocycles. The average molecular weight is 448 g/mol. The lowest BCUT2D eigenvalue weighted by atomic mass is 10.1. The molecule has 0 spiro atoms. The van der Waals surface area contributed by atoms with Gasteiger partial charge in [0.05, 0.1) is 24.2 Å². The number of aryl methyl sites for hydroxylation is 1. The van der Waals surface area contributed by atoms with E-state index in [1.807, 2.05) is 63.8 Å². The van der Waals surface area contributed by atoms with E-state index in [2.05, 4.69) is 18.8 Å². The number of benzene rings is 1. The minimum Gasteiger partial charge on any atom is -0.337 e. The normalized spacial score (nSPS) is 12.2. The quantitative estimate of drug-likeness (QED) is 0.526. The predicted octanol–water partition coefficient (Wildman–Crippen LogP) is 4.78. The molecule has 0 saturated carbocycles. The summed E-state index contributed by atoms with van der Waals surface area (Å²) >= 11 is 0. The molecule has 1 amide bonds. The maximum Gasteiger partial charge on any atom is 0.228 e. The van der Waals surface area contributed by atoms with Gasteiger partial charge in [-0.3, -0.25) is 4.79 Å². The van der Waals surface area contributed by atoms with E-state index in [1.165, 1.54) is 0 Å². The maximum absolute atomic E-state index is 13.2. The molecule has 172 valence electrons. The van der Waals surface area contributed by atoms with Gasteiger partial charge in [0.2, 0.25) is 20.9 Å². The Hall–Kier alpha value is -2.15. The van der Waals surface area contributed by atoms with Crippen molar-refractivity contribution in [2.24, 2.45) is 11.8 Å². The van der Waals surface area contributed by atoms with Crippen LogP contribution in [0.15, 0.2) is 35.6 Å². The van der Waals surface area contributed by atoms with E-state index in [1.54, 1.807) is 10.8 Å². The molecule has 6 nitrogen and oxygen atoms in total. The maximum atomic E-state index is 13.2. The third kappa shape index (κ3) is 6.92. The number of sulfone groups is 1. The van der Waals surface area contributed by atoms with Crippen LogP contribution in [0.4, 0.5) is 0 Å². The van der Waals surface area contributed by atoms with Crippen LogP contribution in [0.3, 0.4) is 0 Å². The molecular weight excluding hydrogens is 410 g/mol. The molecule has 0 fully saturated rings. The monoisotopic (exact) mass is 447 g/mol. The Morgan fingerprint density at radius 2 is 1.65 bits per heavy atom. The molecule has 7 heteroatoms. The first-order valence-corrected chi connectivity index (χ1v) is 12.7. The number of imidazole rings is 1. The van der Waals surface area contributed by atoms with Gasteiger partial charge in [-0.15, -0.1) is 0 Å². The van der Waals surface area contributed by atoms with Crippen molar-refractivity contribution in [3.8, 4) is 0 Å². The number of aromatic nitrogens is 2. The SMILES string of the molecule is Cc1ccc(CS(=O)(=O)c2ncc(CN(CC(C)C)C(=O)CC(C)C)n2C(C)C)cc1. The molecule has 0 unspecified atom stereocenters. The lowest BCUT2D eigenvalue weighted by Crippen LogP contribution is -2.35. The van der Waals surface area contributed by atoms with Gasteiger partial charge in [0.25, 0.3) is 0 Å². The van der Waals surface area contributed by atoms with Crippen LogP contribution in [0.25, 0.3) is 0 Å². The van der Waals surface area contributed by atoms with E-state index in [0.717, 1.165) is 16.8 Å². The van der Waals surface area contributed by atoms with Crippen molar-refractivity contribution >= 4 is 15.7 Å². The largest absolute Gasteiger partial charge is 0.337 e. The van der Waals surface area contributed by atoms with E-state index in [9.17, 15) is 13.2 Å². The number of carbonyl (C=O) groups excluding carboxylic acids is 1. The molecule has 0 aliphatic heterocycles. The van der Waals surface area contributed by atoms with Crippen LogP contribution in [0, 0.1) is 18.8 Å². The fourth-order valence-electron chi connectivity index (χ4n) is 3.61. The van der Waals surface area contributed by atoms with Crippen molar-refractivity contribution in [2.45, 2.75) is 78.4 Å². The predicted molar refractivity (Wildman–Crippen MR) is 124 cm³/mol. The molecule has 0 atom stereocenters. The van der Waals surface area contributed by atoms with Crippen molar-refractivity contribution in [1.29, 1.82) is 0 Å². The zero-order valence-electron chi connectivity index (χ0n) is 19.9. The first kappa shape index (κ1) is 25.1. The van der Waals surface area contributed by atoms with Crippen LogP contribution < -0.4 is 0 Å². The fourth-order valence-corrected chi connectivity index (χ4v) is 5.22. The number of hydrogen-bond acceptors (Lipinski definition) is 4. The summed E-state index contributed by atoms with van der Waals surface area (Å²) in [5, 5.41) is 0.0684. The molecule has 1 aromatic carbocycles. The standard InChI is InChI=1S/C24H37N3O3S/c1-17(2)12-23(28)26(14-18(3)4)15-22-13-25-24(27(22)19(5)6)31(29,30)16-21-10-8-20(7)9-11-21/h8-11,13,17-19H,12,14-16H2,1-7H3. The van der Waals surface area contributed by atoms with Crippen molar-refractivity contribution in [2.75, 3.05) is 6.54 Å². The summed E-state index contributed by atoms with van der Waals surface area (Å²) in [5.41, 5.74) is 2.57. The first-order valence-electron chi connectivity index (χ1n) is 11.0. The van der Waals surface area contributed by atoms with E-state index in [-0.39, 0.29) is 28.8 Å². The van der Waals surface area contributed by atoms with Gasteiger partial charge in [0, 0.05) is 19.0 Å². The first-order chi connectivity index (χ1) is 14.4. The summed E-state index contributed by atoms with van der Waals surface area (Å²) in [5.74, 6) is 0.571. The Bertz CT molecular complexity index is 974. The van der Waals surface area contributed by atoms with Gasteiger partial charge in [-0.05, 0) is 38.2 Å². The Morgan fingerprint density at radius 1 is 1.03 bits per heavy atom. The number of rotatable bonds is 10. The van der Waals surface area contributed by atoms with Gasteiger partial charge in [0.15, 0.2) is 0 Å². The van der Waals surface area contributed by atoms with Gasteiger partial charge in [-0.2, -0.15) is 0 Å². The number of hydrogen-bond donors (Lipinski definition) is 0. The second-order valence-corrected chi connectivity index (χ2v) is 11.4. The summed E-state index contributed by atoms with van der Waals surface area (Å²) in [6.07, 6.45) is 2.08. The molecule has 0 aliphatic carbocycles. The Labute approximate surface area is 187 Å². The van der Waals surface area contributed by atoms with E-state index >= 15 is 0 Å². The van der Waals surface area contributed by atoms with Crippen molar-refractivity contribution in [3.63, 3.8) is 0 Å². The highest BCUT2D eigenvalue weighted by molar-refractivity contribution is 7.90. The number of amides is 1. The van der Waals surface area contributed by atoms with Crippen LogP contribution in [0.5, 0.6) is 0 Å². The molecule has 0 saturated heterocycles. The Kier molecular flexibility index (Phi) is 8.46. The summed E-state index contributed by atoms with van der Waals surface area (Å²) in [6, 6.07) is 7.41. The lowest BCUT2D eigenvalue weighted by molar-refractivity contribution is -0.133. The van der Waals surface area contributed by atoms with Gasteiger partial charge < -0.3 is 9.47 Å². The third-order valence-corrected chi connectivity index (χ3v) is 6.56. The highest BCUT2D eigenvalue weighted by Gasteiger charge is 2.27. The smallest absolute Gasteiger partial charge is 0.228 e. The van der Waals surface area contributed by atoms with Crippen LogP contribution in [-0.4, -0.2) is 35.3 Å². The van der Waals surface area contributed by atoms with E-state index in [0.29, 0.717) is 25.4 Å². The van der Waals surface area contributed by atoms with Crippen molar-refractivity contribution < 1.29 is 13.2 Å². The van der Waals surface area contributed by atoms with Crippen LogP contribution in [0.2, 0.25) is 0 Å². The molecule has 0 aliphatic rings. The van der Waals surface area contributed by atoms with Gasteiger partial charge in [-0.1, -0.05) is 57.5 Å². The second-order valence-electron chi connectivity index (χ2n) is 9.51. The topological polar surface area (TPSA) is 72.3 Å². The summed E-state index contributed by atoms with van der Waals surface area (Å²) in [6.45, 7) is 15.0. The number of carbonyl (C=O) groups is 1. The molecule has 31 heavy (non-hydrogen) atoms. The zero-order chi connectivity index (χ0) is 23.3. The highest BCUT2D eigenvalue weighted by Crippen LogP contribution is 2.23. The summed E-state index contributed by atoms with van der Waals surface area (Å²) in [4.78, 5) is 19.0. The summed E-state index contributed by atoms with van der Waals surface area (Å²) in [7, 11) is -3.63. The van der Waals surface area contributed by atoms with E-state index in [4.69, 9.17) is 0 Å². The molecule has 2 rings (SSSR count). The van der Waals surface area contributed by atoms with Crippen molar-refractivity contribution in [1.82, 2.24) is 14.5 Å². The zero-order valence-corrected chi connectivity index (χ0v) is 20.7. The summed E-state index contributed by atoms with van der Waals surface area (Å²) < 4.78 is 28.2. The fraction of sp³-hybridized carbons (Fsp3) is 0.583.